The van der Waals surface area contributed by atoms with Crippen molar-refractivity contribution in [3.05, 3.63) is 20.3 Å². The Balaban J connectivity index is 2.84. The van der Waals surface area contributed by atoms with Gasteiger partial charge in [0.05, 0.1) is 11.5 Å². The van der Waals surface area contributed by atoms with Crippen molar-refractivity contribution in [3.63, 3.8) is 0 Å². The van der Waals surface area contributed by atoms with Gasteiger partial charge in [0.15, 0.2) is 0 Å². The summed E-state index contributed by atoms with van der Waals surface area (Å²) in [6.45, 7) is 5.19. The molecule has 0 fully saturated rings. The predicted molar refractivity (Wildman–Crippen MR) is 67.7 cm³/mol. The van der Waals surface area contributed by atoms with E-state index in [9.17, 15) is 9.90 Å². The molecule has 0 aliphatic heterocycles. The molecule has 0 aliphatic carbocycles. The van der Waals surface area contributed by atoms with E-state index in [-0.39, 0.29) is 6.42 Å². The fourth-order valence-corrected chi connectivity index (χ4v) is 3.29. The number of thiophene rings is 1. The van der Waals surface area contributed by atoms with Crippen molar-refractivity contribution in [2.75, 3.05) is 0 Å². The van der Waals surface area contributed by atoms with Crippen molar-refractivity contribution in [1.82, 2.24) is 0 Å². The first-order chi connectivity index (χ1) is 7.24. The molecule has 5 heteroatoms. The SMILES string of the molecule is Cc1cc(Br)c(C(O)CC(C)(C)C(=O)O)s1. The quantitative estimate of drug-likeness (QED) is 0.897. The molecule has 1 aromatic rings. The highest BCUT2D eigenvalue weighted by Gasteiger charge is 2.31. The van der Waals surface area contributed by atoms with Crippen molar-refractivity contribution >= 4 is 33.2 Å². The van der Waals surface area contributed by atoms with Crippen molar-refractivity contribution in [3.8, 4) is 0 Å². The number of halogens is 1. The second-order valence-corrected chi connectivity index (χ2v) is 6.62. The Hall–Kier alpha value is -0.390. The summed E-state index contributed by atoms with van der Waals surface area (Å²) in [6.07, 6.45) is -0.528. The number of aliphatic carboxylic acids is 1. The zero-order valence-corrected chi connectivity index (χ0v) is 11.9. The minimum absolute atomic E-state index is 0.209. The molecule has 0 saturated carbocycles. The topological polar surface area (TPSA) is 57.5 Å². The number of rotatable bonds is 4. The smallest absolute Gasteiger partial charge is 0.309 e. The number of hydrogen-bond donors (Lipinski definition) is 2. The van der Waals surface area contributed by atoms with E-state index in [2.05, 4.69) is 15.9 Å². The third kappa shape index (κ3) is 3.06. The standard InChI is InChI=1S/C11H15BrO3S/c1-6-4-7(12)9(16-6)8(13)5-11(2,3)10(14)15/h4,8,13H,5H2,1-3H3,(H,14,15). The maximum absolute atomic E-state index is 11.0. The van der Waals surface area contributed by atoms with E-state index in [1.165, 1.54) is 11.3 Å². The molecule has 0 bridgehead atoms. The summed E-state index contributed by atoms with van der Waals surface area (Å²) in [5, 5.41) is 19.0. The highest BCUT2D eigenvalue weighted by atomic mass is 79.9. The third-order valence-corrected chi connectivity index (χ3v) is 4.49. The molecule has 1 aromatic heterocycles. The van der Waals surface area contributed by atoms with E-state index in [0.29, 0.717) is 0 Å². The maximum Gasteiger partial charge on any atom is 0.309 e. The maximum atomic E-state index is 11.0. The van der Waals surface area contributed by atoms with Gasteiger partial charge in [-0.1, -0.05) is 0 Å². The average Bonchev–Trinajstić information content (AvgIpc) is 2.44. The molecule has 1 rings (SSSR count). The van der Waals surface area contributed by atoms with Crippen LogP contribution in [0.5, 0.6) is 0 Å². The fraction of sp³-hybridized carbons (Fsp3) is 0.545. The van der Waals surface area contributed by atoms with Crippen LogP contribution in [0.2, 0.25) is 0 Å². The number of carbonyl (C=O) groups is 1. The normalized spacial score (nSPS) is 13.8. The van der Waals surface area contributed by atoms with Crippen LogP contribution in [0.15, 0.2) is 10.5 Å². The Bertz CT molecular complexity index is 398. The molecule has 90 valence electrons. The summed E-state index contributed by atoms with van der Waals surface area (Å²) < 4.78 is 0.851. The van der Waals surface area contributed by atoms with Gasteiger partial charge in [0.25, 0.3) is 0 Å². The molecule has 0 radical (unpaired) electrons. The van der Waals surface area contributed by atoms with Crippen LogP contribution in [0.25, 0.3) is 0 Å². The van der Waals surface area contributed by atoms with Gasteiger partial charge in [-0.05, 0) is 49.2 Å². The number of aryl methyl sites for hydroxylation is 1. The fourth-order valence-electron chi connectivity index (χ4n) is 1.39. The summed E-state index contributed by atoms with van der Waals surface area (Å²) in [5.74, 6) is -0.893. The summed E-state index contributed by atoms with van der Waals surface area (Å²) in [6, 6.07) is 1.93. The first-order valence-corrected chi connectivity index (χ1v) is 6.52. The Morgan fingerprint density at radius 2 is 2.19 bits per heavy atom. The van der Waals surface area contributed by atoms with Gasteiger partial charge in [-0.25, -0.2) is 0 Å². The van der Waals surface area contributed by atoms with Crippen LogP contribution in [0, 0.1) is 12.3 Å². The molecule has 3 nitrogen and oxygen atoms in total. The number of carboxylic acids is 1. The third-order valence-electron chi connectivity index (χ3n) is 2.42. The number of carboxylic acid groups (broad SMARTS) is 1. The average molecular weight is 307 g/mol. The second kappa shape index (κ2) is 4.85. The van der Waals surface area contributed by atoms with Crippen LogP contribution in [0.1, 0.15) is 36.1 Å². The lowest BCUT2D eigenvalue weighted by molar-refractivity contribution is -0.148. The van der Waals surface area contributed by atoms with Gasteiger partial charge in [0, 0.05) is 14.2 Å². The van der Waals surface area contributed by atoms with Crippen LogP contribution < -0.4 is 0 Å². The van der Waals surface area contributed by atoms with Gasteiger partial charge in [0.1, 0.15) is 0 Å². The predicted octanol–water partition coefficient (Wildman–Crippen LogP) is 3.35. The first-order valence-electron chi connectivity index (χ1n) is 4.91. The summed E-state index contributed by atoms with van der Waals surface area (Å²) in [7, 11) is 0. The van der Waals surface area contributed by atoms with Crippen LogP contribution in [0.4, 0.5) is 0 Å². The highest BCUT2D eigenvalue weighted by molar-refractivity contribution is 9.10. The largest absolute Gasteiger partial charge is 0.481 e. The van der Waals surface area contributed by atoms with Gasteiger partial charge in [-0.3, -0.25) is 4.79 Å². The molecule has 2 N–H and O–H groups in total. The lowest BCUT2D eigenvalue weighted by Crippen LogP contribution is -2.25. The van der Waals surface area contributed by atoms with E-state index in [1.54, 1.807) is 13.8 Å². The Labute approximate surface area is 107 Å². The summed E-state index contributed by atoms with van der Waals surface area (Å²) in [4.78, 5) is 12.8. The molecule has 1 heterocycles. The van der Waals surface area contributed by atoms with E-state index < -0.39 is 17.5 Å². The van der Waals surface area contributed by atoms with E-state index in [0.717, 1.165) is 14.2 Å². The van der Waals surface area contributed by atoms with Gasteiger partial charge < -0.3 is 10.2 Å². The number of aliphatic hydroxyl groups is 1. The molecular formula is C11H15BrO3S. The lowest BCUT2D eigenvalue weighted by atomic mass is 9.86. The van der Waals surface area contributed by atoms with E-state index in [1.807, 2.05) is 13.0 Å². The Kier molecular flexibility index (Phi) is 4.15. The molecule has 0 spiro atoms. The zero-order valence-electron chi connectivity index (χ0n) is 9.45. The van der Waals surface area contributed by atoms with Crippen LogP contribution in [-0.4, -0.2) is 16.2 Å². The van der Waals surface area contributed by atoms with Gasteiger partial charge in [-0.2, -0.15) is 0 Å². The number of hydrogen-bond acceptors (Lipinski definition) is 3. The van der Waals surface area contributed by atoms with Gasteiger partial charge in [-0.15, -0.1) is 11.3 Å². The van der Waals surface area contributed by atoms with Gasteiger partial charge in [0.2, 0.25) is 0 Å². The first kappa shape index (κ1) is 13.7. The van der Waals surface area contributed by atoms with Crippen molar-refractivity contribution in [1.29, 1.82) is 0 Å². The Morgan fingerprint density at radius 3 is 2.56 bits per heavy atom. The molecular weight excluding hydrogens is 292 g/mol. The van der Waals surface area contributed by atoms with Crippen LogP contribution >= 0.6 is 27.3 Å². The molecule has 0 aliphatic rings. The van der Waals surface area contributed by atoms with Crippen molar-refractivity contribution < 1.29 is 15.0 Å². The molecule has 0 amide bonds. The molecule has 0 saturated heterocycles. The zero-order chi connectivity index (χ0) is 12.5. The minimum atomic E-state index is -0.920. The van der Waals surface area contributed by atoms with Crippen molar-refractivity contribution in [2.45, 2.75) is 33.3 Å². The van der Waals surface area contributed by atoms with E-state index in [4.69, 9.17) is 5.11 Å². The molecule has 1 atom stereocenters. The summed E-state index contributed by atoms with van der Waals surface area (Å²) in [5.41, 5.74) is -0.920. The Morgan fingerprint density at radius 1 is 1.62 bits per heavy atom. The minimum Gasteiger partial charge on any atom is -0.481 e. The lowest BCUT2D eigenvalue weighted by Gasteiger charge is -2.22. The molecule has 16 heavy (non-hydrogen) atoms. The van der Waals surface area contributed by atoms with E-state index >= 15 is 0 Å². The highest BCUT2D eigenvalue weighted by Crippen LogP contribution is 2.38. The van der Waals surface area contributed by atoms with Gasteiger partial charge >= 0.3 is 5.97 Å². The van der Waals surface area contributed by atoms with Crippen LogP contribution in [0.3, 0.4) is 0 Å². The van der Waals surface area contributed by atoms with Crippen molar-refractivity contribution in [2.24, 2.45) is 5.41 Å². The van der Waals surface area contributed by atoms with Crippen LogP contribution in [-0.2, 0) is 4.79 Å². The second-order valence-electron chi connectivity index (χ2n) is 4.48. The number of aliphatic hydroxyl groups excluding tert-OH is 1. The molecule has 1 unspecified atom stereocenters. The molecule has 0 aromatic carbocycles. The summed E-state index contributed by atoms with van der Waals surface area (Å²) >= 11 is 4.85. The monoisotopic (exact) mass is 306 g/mol.